The highest BCUT2D eigenvalue weighted by Gasteiger charge is 2.28. The van der Waals surface area contributed by atoms with E-state index < -0.39 is 9.84 Å². The van der Waals surface area contributed by atoms with Gasteiger partial charge in [-0.3, -0.25) is 4.99 Å². The molecule has 1 saturated heterocycles. The summed E-state index contributed by atoms with van der Waals surface area (Å²) in [4.78, 5) is 4.74. The predicted molar refractivity (Wildman–Crippen MR) is 123 cm³/mol. The van der Waals surface area contributed by atoms with E-state index in [0.29, 0.717) is 24.4 Å². The van der Waals surface area contributed by atoms with Crippen molar-refractivity contribution in [3.8, 4) is 0 Å². The summed E-state index contributed by atoms with van der Waals surface area (Å²) in [6.07, 6.45) is 4.95. The zero-order valence-electron chi connectivity index (χ0n) is 16.3. The van der Waals surface area contributed by atoms with Gasteiger partial charge in [-0.05, 0) is 56.1 Å². The van der Waals surface area contributed by atoms with Crippen molar-refractivity contribution in [2.75, 3.05) is 18.1 Å². The Bertz CT molecular complexity index is 751. The van der Waals surface area contributed by atoms with E-state index in [1.54, 1.807) is 0 Å². The fraction of sp³-hybridized carbons (Fsp3) is 0.650. The first-order valence-corrected chi connectivity index (χ1v) is 11.6. The van der Waals surface area contributed by atoms with Crippen LogP contribution in [0.5, 0.6) is 0 Å². The van der Waals surface area contributed by atoms with E-state index in [0.717, 1.165) is 38.1 Å². The number of hydrogen-bond donors (Lipinski definition) is 2. The van der Waals surface area contributed by atoms with Crippen LogP contribution in [0.3, 0.4) is 0 Å². The highest BCUT2D eigenvalue weighted by Crippen LogP contribution is 2.21. The molecule has 0 spiro atoms. The van der Waals surface area contributed by atoms with Crippen LogP contribution in [0.2, 0.25) is 0 Å². The fourth-order valence-electron chi connectivity index (χ4n) is 3.72. The van der Waals surface area contributed by atoms with E-state index in [1.807, 2.05) is 0 Å². The molecule has 5 nitrogen and oxygen atoms in total. The predicted octanol–water partition coefficient (Wildman–Crippen LogP) is 2.93. The van der Waals surface area contributed by atoms with Crippen molar-refractivity contribution < 1.29 is 8.42 Å². The highest BCUT2D eigenvalue weighted by molar-refractivity contribution is 14.0. The molecule has 1 heterocycles. The van der Waals surface area contributed by atoms with Crippen LogP contribution in [0.1, 0.15) is 44.2 Å². The van der Waals surface area contributed by atoms with Crippen LogP contribution in [-0.4, -0.2) is 44.5 Å². The average molecular weight is 505 g/mol. The highest BCUT2D eigenvalue weighted by atomic mass is 127. The van der Waals surface area contributed by atoms with Crippen LogP contribution in [0.25, 0.3) is 0 Å². The van der Waals surface area contributed by atoms with Gasteiger partial charge in [-0.1, -0.05) is 31.2 Å². The molecule has 3 atom stereocenters. The number of sulfone groups is 1. The summed E-state index contributed by atoms with van der Waals surface area (Å²) >= 11 is 0. The van der Waals surface area contributed by atoms with Crippen molar-refractivity contribution in [3.63, 3.8) is 0 Å². The van der Waals surface area contributed by atoms with Crippen LogP contribution >= 0.6 is 24.0 Å². The summed E-state index contributed by atoms with van der Waals surface area (Å²) in [5, 5.41) is 7.07. The lowest BCUT2D eigenvalue weighted by Gasteiger charge is -2.28. The van der Waals surface area contributed by atoms with Crippen LogP contribution in [0, 0.1) is 5.92 Å². The van der Waals surface area contributed by atoms with Crippen molar-refractivity contribution in [1.82, 2.24) is 10.6 Å². The summed E-state index contributed by atoms with van der Waals surface area (Å²) in [6, 6.07) is 9.36. The van der Waals surface area contributed by atoms with Gasteiger partial charge in [0.2, 0.25) is 0 Å². The molecular formula is C20H32IN3O2S. The summed E-state index contributed by atoms with van der Waals surface area (Å²) in [7, 11) is -2.84. The quantitative estimate of drug-likeness (QED) is 0.367. The van der Waals surface area contributed by atoms with E-state index in [9.17, 15) is 8.42 Å². The third-order valence-electron chi connectivity index (χ3n) is 5.52. The van der Waals surface area contributed by atoms with Gasteiger partial charge in [0, 0.05) is 18.6 Å². The van der Waals surface area contributed by atoms with Gasteiger partial charge >= 0.3 is 0 Å². The molecule has 7 heteroatoms. The zero-order chi connectivity index (χ0) is 18.6. The van der Waals surface area contributed by atoms with Gasteiger partial charge in [-0.15, -0.1) is 24.0 Å². The lowest BCUT2D eigenvalue weighted by Crippen LogP contribution is -2.48. The molecule has 0 amide bonds. The molecule has 0 aromatic heterocycles. The SMILES string of the molecule is CCC(C)NC(=NCC1CCS(=O)(=O)C1)NC1CCc2ccccc2C1.I. The normalized spacial score (nSPS) is 25.2. The molecule has 27 heavy (non-hydrogen) atoms. The second kappa shape index (κ2) is 10.1. The van der Waals surface area contributed by atoms with E-state index in [-0.39, 0.29) is 35.6 Å². The van der Waals surface area contributed by atoms with Crippen molar-refractivity contribution in [2.24, 2.45) is 10.9 Å². The van der Waals surface area contributed by atoms with Gasteiger partial charge in [0.25, 0.3) is 0 Å². The van der Waals surface area contributed by atoms with E-state index in [4.69, 9.17) is 4.99 Å². The number of guanidine groups is 1. The molecular weight excluding hydrogens is 473 g/mol. The maximum Gasteiger partial charge on any atom is 0.191 e. The number of aliphatic imine (C=N–C) groups is 1. The summed E-state index contributed by atoms with van der Waals surface area (Å²) in [5.41, 5.74) is 2.87. The molecule has 0 saturated carbocycles. The Morgan fingerprint density at radius 2 is 2.00 bits per heavy atom. The second-order valence-electron chi connectivity index (χ2n) is 7.76. The zero-order valence-corrected chi connectivity index (χ0v) is 19.4. The molecule has 2 N–H and O–H groups in total. The number of fused-ring (bicyclic) bond motifs is 1. The minimum absolute atomic E-state index is 0. The number of hydrogen-bond acceptors (Lipinski definition) is 3. The molecule has 0 radical (unpaired) electrons. The van der Waals surface area contributed by atoms with Gasteiger partial charge in [-0.2, -0.15) is 0 Å². The van der Waals surface area contributed by atoms with Crippen molar-refractivity contribution >= 4 is 39.8 Å². The average Bonchev–Trinajstić information content (AvgIpc) is 2.98. The van der Waals surface area contributed by atoms with Gasteiger partial charge < -0.3 is 10.6 Å². The molecule has 1 aromatic rings. The Kier molecular flexibility index (Phi) is 8.39. The summed E-state index contributed by atoms with van der Waals surface area (Å²) < 4.78 is 23.3. The minimum Gasteiger partial charge on any atom is -0.354 e. The smallest absolute Gasteiger partial charge is 0.191 e. The fourth-order valence-corrected chi connectivity index (χ4v) is 5.57. The summed E-state index contributed by atoms with van der Waals surface area (Å²) in [6.45, 7) is 4.87. The molecule has 1 aliphatic heterocycles. The molecule has 1 fully saturated rings. The Labute approximate surface area is 180 Å². The maximum absolute atomic E-state index is 11.7. The van der Waals surface area contributed by atoms with Crippen molar-refractivity contribution in [3.05, 3.63) is 35.4 Å². The number of aryl methyl sites for hydroxylation is 1. The largest absolute Gasteiger partial charge is 0.354 e. The number of rotatable bonds is 5. The second-order valence-corrected chi connectivity index (χ2v) is 9.99. The minimum atomic E-state index is -2.84. The summed E-state index contributed by atoms with van der Waals surface area (Å²) in [5.74, 6) is 1.58. The lowest BCUT2D eigenvalue weighted by molar-refractivity contribution is 0.507. The molecule has 3 unspecified atom stereocenters. The molecule has 152 valence electrons. The molecule has 1 aliphatic carbocycles. The number of halogens is 1. The van der Waals surface area contributed by atoms with E-state index >= 15 is 0 Å². The lowest BCUT2D eigenvalue weighted by atomic mass is 9.88. The maximum atomic E-state index is 11.7. The number of benzene rings is 1. The van der Waals surface area contributed by atoms with Crippen LogP contribution in [0.15, 0.2) is 29.3 Å². The standard InChI is InChI=1S/C20H31N3O2S.HI/c1-3-15(2)22-20(21-13-16-10-11-26(24,25)14-16)23-19-9-8-17-6-4-5-7-18(17)12-19;/h4-7,15-16,19H,3,8-14H2,1-2H3,(H2,21,22,23);1H. The first-order chi connectivity index (χ1) is 12.4. The van der Waals surface area contributed by atoms with Crippen LogP contribution in [-0.2, 0) is 22.7 Å². The van der Waals surface area contributed by atoms with Gasteiger partial charge in [0.1, 0.15) is 0 Å². The van der Waals surface area contributed by atoms with Crippen LogP contribution < -0.4 is 10.6 Å². The van der Waals surface area contributed by atoms with Gasteiger partial charge in [-0.25, -0.2) is 8.42 Å². The third kappa shape index (κ3) is 6.62. The van der Waals surface area contributed by atoms with E-state index in [2.05, 4.69) is 48.7 Å². The van der Waals surface area contributed by atoms with E-state index in [1.165, 1.54) is 11.1 Å². The monoisotopic (exact) mass is 505 g/mol. The van der Waals surface area contributed by atoms with Gasteiger partial charge in [0.15, 0.2) is 15.8 Å². The first-order valence-electron chi connectivity index (χ1n) is 9.80. The molecule has 2 aliphatic rings. The van der Waals surface area contributed by atoms with Crippen molar-refractivity contribution in [2.45, 2.75) is 58.0 Å². The van der Waals surface area contributed by atoms with Gasteiger partial charge in [0.05, 0.1) is 11.5 Å². The molecule has 1 aromatic carbocycles. The topological polar surface area (TPSA) is 70.6 Å². The molecule has 3 rings (SSSR count). The Morgan fingerprint density at radius 1 is 1.26 bits per heavy atom. The number of nitrogens with zero attached hydrogens (tertiary/aromatic N) is 1. The Balaban J connectivity index is 0.00000261. The third-order valence-corrected chi connectivity index (χ3v) is 7.35. The Morgan fingerprint density at radius 3 is 2.67 bits per heavy atom. The van der Waals surface area contributed by atoms with Crippen molar-refractivity contribution in [1.29, 1.82) is 0 Å². The molecule has 0 bridgehead atoms. The van der Waals surface area contributed by atoms with Crippen LogP contribution in [0.4, 0.5) is 0 Å². The first kappa shape index (κ1) is 22.5. The number of nitrogens with one attached hydrogen (secondary N) is 2. The Hall–Kier alpha value is -0.830.